The number of aromatic nitrogens is 2. The first kappa shape index (κ1) is 31.1. The smallest absolute Gasteiger partial charge is 0.262 e. The van der Waals surface area contributed by atoms with Crippen molar-refractivity contribution in [2.75, 3.05) is 31.3 Å². The van der Waals surface area contributed by atoms with Crippen molar-refractivity contribution in [3.05, 3.63) is 70.5 Å². The molecule has 0 atom stereocenters. The molecule has 0 radical (unpaired) electrons. The van der Waals surface area contributed by atoms with Crippen LogP contribution in [0, 0.1) is 0 Å². The van der Waals surface area contributed by atoms with E-state index in [0.717, 1.165) is 17.7 Å². The van der Waals surface area contributed by atoms with Crippen LogP contribution in [0.2, 0.25) is 0 Å². The summed E-state index contributed by atoms with van der Waals surface area (Å²) in [6.45, 7) is 3.54. The summed E-state index contributed by atoms with van der Waals surface area (Å²) in [7, 11) is 0. The fourth-order valence-corrected chi connectivity index (χ4v) is 5.92. The van der Waals surface area contributed by atoms with Gasteiger partial charge in [-0.05, 0) is 67.8 Å². The molecule has 12 nitrogen and oxygen atoms in total. The van der Waals surface area contributed by atoms with Gasteiger partial charge in [0.2, 0.25) is 25.4 Å². The third-order valence-electron chi connectivity index (χ3n) is 7.41. The highest BCUT2D eigenvalue weighted by Gasteiger charge is 2.20. The van der Waals surface area contributed by atoms with Crippen LogP contribution in [-0.2, 0) is 22.7 Å². The molecule has 13 heteroatoms. The Morgan fingerprint density at radius 2 is 1.63 bits per heavy atom. The Morgan fingerprint density at radius 3 is 2.41 bits per heavy atom. The standard InChI is InChI=1S/C33H34N4O8S/c1-2-41-23-10-8-22(9-11-23)35-31(39)18-46-33-36-25-16-29-28(44-20-45-29)15-24(25)32(40)37(33)13-5-3-4-6-30(38)34-17-21-7-12-26-27(14-21)43-19-42-26/h7-12,14-16H,2-6,13,17-20H2,1H3,(H,34,38)(H,35,39). The highest BCUT2D eigenvalue weighted by molar-refractivity contribution is 7.99. The lowest BCUT2D eigenvalue weighted by atomic mass is 10.1. The number of carbonyl (C=O) groups excluding carboxylic acids is 2. The number of thioether (sulfide) groups is 1. The van der Waals surface area contributed by atoms with Crippen LogP contribution in [-0.4, -0.2) is 47.3 Å². The molecule has 0 saturated heterocycles. The van der Waals surface area contributed by atoms with Gasteiger partial charge in [0.15, 0.2) is 28.2 Å². The first-order valence-electron chi connectivity index (χ1n) is 15.1. The van der Waals surface area contributed by atoms with E-state index in [0.29, 0.717) is 83.7 Å². The Hall–Kier alpha value is -4.91. The molecular formula is C33H34N4O8S. The number of benzene rings is 3. The summed E-state index contributed by atoms with van der Waals surface area (Å²) < 4.78 is 28.7. The molecule has 0 spiro atoms. The normalized spacial score (nSPS) is 12.7. The molecule has 46 heavy (non-hydrogen) atoms. The second-order valence-electron chi connectivity index (χ2n) is 10.6. The number of nitrogens with zero attached hydrogens (tertiary/aromatic N) is 2. The number of carbonyl (C=O) groups is 2. The van der Waals surface area contributed by atoms with Crippen molar-refractivity contribution in [2.24, 2.45) is 0 Å². The van der Waals surface area contributed by atoms with E-state index in [4.69, 9.17) is 28.7 Å². The summed E-state index contributed by atoms with van der Waals surface area (Å²) in [6, 6.07) is 16.1. The number of hydrogen-bond acceptors (Lipinski definition) is 10. The van der Waals surface area contributed by atoms with E-state index < -0.39 is 0 Å². The van der Waals surface area contributed by atoms with Gasteiger partial charge in [-0.1, -0.05) is 24.2 Å². The van der Waals surface area contributed by atoms with Crippen molar-refractivity contribution in [3.63, 3.8) is 0 Å². The number of hydrogen-bond donors (Lipinski definition) is 2. The van der Waals surface area contributed by atoms with Crippen molar-refractivity contribution < 1.29 is 33.3 Å². The van der Waals surface area contributed by atoms with Gasteiger partial charge in [0.05, 0.1) is 23.3 Å². The minimum atomic E-state index is -0.229. The molecule has 2 amide bonds. The van der Waals surface area contributed by atoms with E-state index in [2.05, 4.69) is 10.6 Å². The van der Waals surface area contributed by atoms with Gasteiger partial charge in [-0.2, -0.15) is 0 Å². The SMILES string of the molecule is CCOc1ccc(NC(=O)CSc2nc3cc4c(cc3c(=O)n2CCCCCC(=O)NCc2ccc3c(c2)OCO3)OCO4)cc1. The van der Waals surface area contributed by atoms with Crippen molar-refractivity contribution in [3.8, 4) is 28.7 Å². The van der Waals surface area contributed by atoms with Gasteiger partial charge >= 0.3 is 0 Å². The average molecular weight is 647 g/mol. The largest absolute Gasteiger partial charge is 0.494 e. The number of nitrogens with one attached hydrogen (secondary N) is 2. The molecule has 2 aliphatic heterocycles. The first-order chi connectivity index (χ1) is 22.5. The van der Waals surface area contributed by atoms with Crippen LogP contribution in [0.3, 0.4) is 0 Å². The maximum absolute atomic E-state index is 13.7. The number of rotatable bonds is 14. The summed E-state index contributed by atoms with van der Waals surface area (Å²) in [5, 5.41) is 6.66. The van der Waals surface area contributed by atoms with E-state index in [-0.39, 0.29) is 36.7 Å². The predicted molar refractivity (Wildman–Crippen MR) is 172 cm³/mol. The molecule has 3 heterocycles. The molecule has 2 N–H and O–H groups in total. The quantitative estimate of drug-likeness (QED) is 0.111. The van der Waals surface area contributed by atoms with Gasteiger partial charge in [-0.25, -0.2) is 4.98 Å². The lowest BCUT2D eigenvalue weighted by molar-refractivity contribution is -0.121. The zero-order valence-electron chi connectivity index (χ0n) is 25.3. The number of amides is 2. The lowest BCUT2D eigenvalue weighted by Gasteiger charge is -2.14. The van der Waals surface area contributed by atoms with Gasteiger partial charge in [0.1, 0.15) is 5.75 Å². The Balaban J connectivity index is 1.05. The Morgan fingerprint density at radius 1 is 0.891 bits per heavy atom. The predicted octanol–water partition coefficient (Wildman–Crippen LogP) is 4.86. The summed E-state index contributed by atoms with van der Waals surface area (Å²) in [4.78, 5) is 43.6. The van der Waals surface area contributed by atoms with Crippen LogP contribution in [0.1, 0.15) is 38.2 Å². The summed E-state index contributed by atoms with van der Waals surface area (Å²) in [5.41, 5.74) is 1.82. The van der Waals surface area contributed by atoms with Gasteiger partial charge in [-0.15, -0.1) is 0 Å². The van der Waals surface area contributed by atoms with Gasteiger partial charge in [-0.3, -0.25) is 19.0 Å². The fraction of sp³-hybridized carbons (Fsp3) is 0.333. The highest BCUT2D eigenvalue weighted by Crippen LogP contribution is 2.35. The maximum atomic E-state index is 13.7. The second kappa shape index (κ2) is 14.5. The zero-order valence-corrected chi connectivity index (χ0v) is 26.2. The average Bonchev–Trinajstić information content (AvgIpc) is 3.73. The van der Waals surface area contributed by atoms with Crippen molar-refractivity contribution in [2.45, 2.75) is 50.9 Å². The highest BCUT2D eigenvalue weighted by atomic mass is 32.2. The molecule has 0 aliphatic carbocycles. The third-order valence-corrected chi connectivity index (χ3v) is 8.38. The van der Waals surface area contributed by atoms with E-state index in [1.54, 1.807) is 41.0 Å². The van der Waals surface area contributed by atoms with E-state index in [1.165, 1.54) is 11.8 Å². The summed E-state index contributed by atoms with van der Waals surface area (Å²) in [5.74, 6) is 2.91. The summed E-state index contributed by atoms with van der Waals surface area (Å²) >= 11 is 1.19. The third kappa shape index (κ3) is 7.48. The minimum Gasteiger partial charge on any atom is -0.494 e. The van der Waals surface area contributed by atoms with Crippen LogP contribution < -0.4 is 39.9 Å². The van der Waals surface area contributed by atoms with Crippen LogP contribution >= 0.6 is 11.8 Å². The molecule has 0 bridgehead atoms. The molecule has 1 aromatic heterocycles. The molecule has 0 saturated carbocycles. The van der Waals surface area contributed by atoms with E-state index in [1.807, 2.05) is 25.1 Å². The van der Waals surface area contributed by atoms with E-state index >= 15 is 0 Å². The molecule has 3 aromatic carbocycles. The number of anilines is 1. The molecule has 240 valence electrons. The lowest BCUT2D eigenvalue weighted by Crippen LogP contribution is -2.25. The van der Waals surface area contributed by atoms with Crippen LogP contribution in [0.25, 0.3) is 10.9 Å². The van der Waals surface area contributed by atoms with Crippen molar-refractivity contribution in [1.29, 1.82) is 0 Å². The molecular weight excluding hydrogens is 612 g/mol. The second-order valence-corrected chi connectivity index (χ2v) is 11.6. The van der Waals surface area contributed by atoms with Crippen molar-refractivity contribution in [1.82, 2.24) is 14.9 Å². The minimum absolute atomic E-state index is 0.0481. The molecule has 0 unspecified atom stereocenters. The maximum Gasteiger partial charge on any atom is 0.262 e. The summed E-state index contributed by atoms with van der Waals surface area (Å²) in [6.07, 6.45) is 2.41. The molecule has 0 fully saturated rings. The Bertz CT molecular complexity index is 1790. The van der Waals surface area contributed by atoms with Crippen LogP contribution in [0.5, 0.6) is 28.7 Å². The van der Waals surface area contributed by atoms with Crippen LogP contribution in [0.4, 0.5) is 5.69 Å². The Labute approximate surface area is 269 Å². The topological polar surface area (TPSA) is 139 Å². The fourth-order valence-electron chi connectivity index (χ4n) is 5.10. The van der Waals surface area contributed by atoms with Gasteiger partial charge < -0.3 is 34.3 Å². The number of ether oxygens (including phenoxy) is 5. The Kier molecular flexibility index (Phi) is 9.77. The molecule has 6 rings (SSSR count). The molecule has 4 aromatic rings. The molecule has 2 aliphatic rings. The van der Waals surface area contributed by atoms with Gasteiger partial charge in [0.25, 0.3) is 5.56 Å². The van der Waals surface area contributed by atoms with Crippen molar-refractivity contribution >= 4 is 40.2 Å². The first-order valence-corrected chi connectivity index (χ1v) is 16.1. The van der Waals surface area contributed by atoms with Gasteiger partial charge in [0, 0.05) is 31.3 Å². The monoisotopic (exact) mass is 646 g/mol. The number of fused-ring (bicyclic) bond motifs is 3. The number of unbranched alkanes of at least 4 members (excludes halogenated alkanes) is 2. The zero-order chi connectivity index (χ0) is 31.9. The van der Waals surface area contributed by atoms with Crippen LogP contribution in [0.15, 0.2) is 64.5 Å². The van der Waals surface area contributed by atoms with E-state index in [9.17, 15) is 14.4 Å².